The second kappa shape index (κ2) is 11.4. The van der Waals surface area contributed by atoms with Gasteiger partial charge in [-0.15, -0.1) is 0 Å². The van der Waals surface area contributed by atoms with Crippen molar-refractivity contribution < 1.29 is 32.2 Å². The summed E-state index contributed by atoms with van der Waals surface area (Å²) in [5, 5.41) is 12.3. The first-order valence-electron chi connectivity index (χ1n) is 10.7. The molecule has 1 heterocycles. The molecule has 11 heteroatoms. The molecule has 1 saturated heterocycles. The molecule has 1 amide bonds. The van der Waals surface area contributed by atoms with Crippen LogP contribution in [0.15, 0.2) is 42.5 Å². The smallest absolute Gasteiger partial charge is 0.417 e. The van der Waals surface area contributed by atoms with Crippen molar-refractivity contribution in [3.05, 3.63) is 58.9 Å². The average Bonchev–Trinajstić information content (AvgIpc) is 2.75. The van der Waals surface area contributed by atoms with Crippen molar-refractivity contribution in [3.8, 4) is 5.75 Å². The molecule has 1 aliphatic heterocycles. The fourth-order valence-electron chi connectivity index (χ4n) is 3.78. The number of para-hydroxylation sites is 1. The van der Waals surface area contributed by atoms with Gasteiger partial charge < -0.3 is 15.2 Å². The Balaban J connectivity index is 1.45. The summed E-state index contributed by atoms with van der Waals surface area (Å²) < 4.78 is 58.0. The van der Waals surface area contributed by atoms with Crippen molar-refractivity contribution in [1.29, 1.82) is 0 Å². The second-order valence-corrected chi connectivity index (χ2v) is 8.62. The summed E-state index contributed by atoms with van der Waals surface area (Å²) in [7, 11) is 0. The summed E-state index contributed by atoms with van der Waals surface area (Å²) in [6, 6.07) is 9.20. The molecule has 0 saturated carbocycles. The molecule has 1 fully saturated rings. The number of amides is 1. The lowest BCUT2D eigenvalue weighted by atomic mass is 10.1. The van der Waals surface area contributed by atoms with E-state index in [9.17, 15) is 27.5 Å². The summed E-state index contributed by atoms with van der Waals surface area (Å²) >= 11 is 5.61. The predicted octanol–water partition coefficient (Wildman–Crippen LogP) is 3.88. The fraction of sp³-hybridized carbons (Fsp3) is 0.435. The molecule has 0 spiro atoms. The highest BCUT2D eigenvalue weighted by Gasteiger charge is 2.33. The lowest BCUT2D eigenvalue weighted by Crippen LogP contribution is -2.55. The highest BCUT2D eigenvalue weighted by molar-refractivity contribution is 6.31. The van der Waals surface area contributed by atoms with Crippen LogP contribution < -0.4 is 10.1 Å². The maximum atomic E-state index is 13.6. The van der Waals surface area contributed by atoms with E-state index >= 15 is 0 Å². The summed E-state index contributed by atoms with van der Waals surface area (Å²) in [6.45, 7) is 3.86. The minimum absolute atomic E-state index is 0.0111. The number of β-amino-alcohol motifs (C(OH)–C–C–N with tert-alkyl or cyclic N) is 1. The monoisotopic (exact) mass is 503 g/mol. The Morgan fingerprint density at radius 3 is 2.68 bits per heavy atom. The van der Waals surface area contributed by atoms with E-state index in [0.717, 1.165) is 12.1 Å². The lowest BCUT2D eigenvalue weighted by Gasteiger charge is -2.40. The highest BCUT2D eigenvalue weighted by Crippen LogP contribution is 2.36. The number of aliphatic hydroxyl groups excluding tert-OH is 1. The standard InChI is InChI=1S/C23H26ClF4N3O3/c1-15-11-30(13-22(33)29-16-6-7-19(24)18(10-16)23(26,27)28)8-9-31(15)12-17(32)14-34-21-5-3-2-4-20(21)25/h2-7,10,15,17,32H,8-9,11-14H2,1H3,(H,29,33)/t15-,17+/m0/s1. The van der Waals surface area contributed by atoms with E-state index in [2.05, 4.69) is 5.32 Å². The Kier molecular flexibility index (Phi) is 8.75. The highest BCUT2D eigenvalue weighted by atomic mass is 35.5. The Morgan fingerprint density at radius 2 is 2.00 bits per heavy atom. The van der Waals surface area contributed by atoms with Crippen molar-refractivity contribution in [1.82, 2.24) is 9.80 Å². The number of carbonyl (C=O) groups is 1. The topological polar surface area (TPSA) is 65.0 Å². The first-order chi connectivity index (χ1) is 16.0. The molecule has 0 unspecified atom stereocenters. The molecule has 34 heavy (non-hydrogen) atoms. The van der Waals surface area contributed by atoms with E-state index in [1.54, 1.807) is 12.1 Å². The molecule has 2 atom stereocenters. The first kappa shape index (κ1) is 26.2. The van der Waals surface area contributed by atoms with Crippen LogP contribution in [0.4, 0.5) is 23.2 Å². The molecule has 1 aliphatic rings. The first-order valence-corrected chi connectivity index (χ1v) is 11.1. The van der Waals surface area contributed by atoms with E-state index in [1.807, 2.05) is 16.7 Å². The van der Waals surface area contributed by atoms with E-state index in [4.69, 9.17) is 16.3 Å². The number of nitrogens with one attached hydrogen (secondary N) is 1. The Labute approximate surface area is 200 Å². The number of anilines is 1. The minimum atomic E-state index is -4.62. The molecule has 186 valence electrons. The molecule has 2 aromatic carbocycles. The van der Waals surface area contributed by atoms with Gasteiger partial charge in [-0.1, -0.05) is 23.7 Å². The van der Waals surface area contributed by atoms with Crippen LogP contribution in [0.3, 0.4) is 0 Å². The molecule has 0 aliphatic carbocycles. The van der Waals surface area contributed by atoms with Crippen LogP contribution in [0, 0.1) is 5.82 Å². The number of benzene rings is 2. The number of aliphatic hydroxyl groups is 1. The molecule has 0 radical (unpaired) electrons. The Morgan fingerprint density at radius 1 is 1.26 bits per heavy atom. The molecule has 3 rings (SSSR count). The lowest BCUT2D eigenvalue weighted by molar-refractivity contribution is -0.137. The summed E-state index contributed by atoms with van der Waals surface area (Å²) in [4.78, 5) is 16.3. The molecule has 0 aromatic heterocycles. The van der Waals surface area contributed by atoms with Crippen molar-refractivity contribution in [2.75, 3.05) is 44.6 Å². The van der Waals surface area contributed by atoms with Gasteiger partial charge in [-0.3, -0.25) is 14.6 Å². The largest absolute Gasteiger partial charge is 0.488 e. The zero-order valence-electron chi connectivity index (χ0n) is 18.5. The Hall–Kier alpha value is -2.40. The van der Waals surface area contributed by atoms with Gasteiger partial charge in [-0.2, -0.15) is 13.2 Å². The van der Waals surface area contributed by atoms with Gasteiger partial charge in [0, 0.05) is 37.9 Å². The van der Waals surface area contributed by atoms with Crippen molar-refractivity contribution >= 4 is 23.2 Å². The fourth-order valence-corrected chi connectivity index (χ4v) is 4.01. The molecular weight excluding hydrogens is 478 g/mol. The Bertz CT molecular complexity index is 992. The molecule has 6 nitrogen and oxygen atoms in total. The van der Waals surface area contributed by atoms with Crippen LogP contribution in [0.2, 0.25) is 5.02 Å². The van der Waals surface area contributed by atoms with Gasteiger partial charge in [-0.25, -0.2) is 4.39 Å². The molecule has 2 aromatic rings. The van der Waals surface area contributed by atoms with Gasteiger partial charge in [-0.05, 0) is 37.3 Å². The van der Waals surface area contributed by atoms with Gasteiger partial charge in [0.25, 0.3) is 0 Å². The maximum Gasteiger partial charge on any atom is 0.417 e. The summed E-state index contributed by atoms with van der Waals surface area (Å²) in [5.74, 6) is -0.855. The molecule has 2 N–H and O–H groups in total. The zero-order valence-corrected chi connectivity index (χ0v) is 19.2. The number of piperazine rings is 1. The SMILES string of the molecule is C[C@H]1CN(CC(=O)Nc2ccc(Cl)c(C(F)(F)F)c2)CCN1C[C@@H](O)COc1ccccc1F. The van der Waals surface area contributed by atoms with Crippen LogP contribution in [-0.4, -0.2) is 72.3 Å². The normalized spacial score (nSPS) is 18.5. The third-order valence-corrected chi connectivity index (χ3v) is 5.81. The van der Waals surface area contributed by atoms with Crippen molar-refractivity contribution in [3.63, 3.8) is 0 Å². The third-order valence-electron chi connectivity index (χ3n) is 5.49. The van der Waals surface area contributed by atoms with E-state index in [-0.39, 0.29) is 30.6 Å². The number of carbonyl (C=O) groups excluding carboxylic acids is 1. The minimum Gasteiger partial charge on any atom is -0.488 e. The zero-order chi connectivity index (χ0) is 24.9. The number of ether oxygens (including phenoxy) is 1. The van der Waals surface area contributed by atoms with Crippen LogP contribution in [0.1, 0.15) is 12.5 Å². The number of alkyl halides is 3. The van der Waals surface area contributed by atoms with Crippen LogP contribution in [0.25, 0.3) is 0 Å². The van der Waals surface area contributed by atoms with Crippen LogP contribution >= 0.6 is 11.6 Å². The van der Waals surface area contributed by atoms with Gasteiger partial charge >= 0.3 is 6.18 Å². The second-order valence-electron chi connectivity index (χ2n) is 8.21. The number of hydrogen-bond acceptors (Lipinski definition) is 5. The van der Waals surface area contributed by atoms with Gasteiger partial charge in [0.1, 0.15) is 12.7 Å². The van der Waals surface area contributed by atoms with Crippen LogP contribution in [0.5, 0.6) is 5.75 Å². The quantitative estimate of drug-likeness (QED) is 0.535. The number of halogens is 5. The van der Waals surface area contributed by atoms with Crippen LogP contribution in [-0.2, 0) is 11.0 Å². The van der Waals surface area contributed by atoms with Crippen molar-refractivity contribution in [2.24, 2.45) is 0 Å². The summed E-state index contributed by atoms with van der Waals surface area (Å²) in [6.07, 6.45) is -5.45. The van der Waals surface area contributed by atoms with Gasteiger partial charge in [0.2, 0.25) is 5.91 Å². The molecule has 0 bridgehead atoms. The van der Waals surface area contributed by atoms with Gasteiger partial charge in [0.05, 0.1) is 17.1 Å². The number of hydrogen-bond donors (Lipinski definition) is 2. The number of rotatable bonds is 8. The maximum absolute atomic E-state index is 13.6. The van der Waals surface area contributed by atoms with Gasteiger partial charge in [0.15, 0.2) is 11.6 Å². The van der Waals surface area contributed by atoms with E-state index in [0.29, 0.717) is 26.2 Å². The predicted molar refractivity (Wildman–Crippen MR) is 120 cm³/mol. The van der Waals surface area contributed by atoms with E-state index in [1.165, 1.54) is 18.2 Å². The summed E-state index contributed by atoms with van der Waals surface area (Å²) in [5.41, 5.74) is -0.988. The van der Waals surface area contributed by atoms with Crippen molar-refractivity contribution in [2.45, 2.75) is 25.2 Å². The third kappa shape index (κ3) is 7.30. The molecular formula is C23H26ClF4N3O3. The number of nitrogens with zero attached hydrogens (tertiary/aromatic N) is 2. The average molecular weight is 504 g/mol. The van der Waals surface area contributed by atoms with E-state index < -0.39 is 34.6 Å².